The molecule has 0 bridgehead atoms. The molecule has 3 rings (SSSR count). The largest absolute Gasteiger partial charge is 0.394 e. The summed E-state index contributed by atoms with van der Waals surface area (Å²) in [5.41, 5.74) is 4.81. The molecule has 130 valence electrons. The van der Waals surface area contributed by atoms with Gasteiger partial charge in [-0.1, -0.05) is 30.3 Å². The van der Waals surface area contributed by atoms with E-state index in [0.717, 1.165) is 33.5 Å². The quantitative estimate of drug-likeness (QED) is 0.645. The van der Waals surface area contributed by atoms with E-state index in [-0.39, 0.29) is 13.2 Å². The van der Waals surface area contributed by atoms with Crippen LogP contribution >= 0.6 is 0 Å². The first-order valence-corrected chi connectivity index (χ1v) is 8.29. The van der Waals surface area contributed by atoms with Crippen LogP contribution in [0.2, 0.25) is 0 Å². The Bertz CT molecular complexity index is 847. The highest BCUT2D eigenvalue weighted by atomic mass is 16.3. The van der Waals surface area contributed by atoms with Gasteiger partial charge in [0.2, 0.25) is 0 Å². The van der Waals surface area contributed by atoms with Gasteiger partial charge in [0.25, 0.3) is 0 Å². The number of aliphatic hydroxyl groups excluding tert-OH is 2. The first-order chi connectivity index (χ1) is 12.1. The van der Waals surface area contributed by atoms with Gasteiger partial charge >= 0.3 is 0 Å². The number of rotatable bonds is 6. The monoisotopic (exact) mass is 337 g/mol. The van der Waals surface area contributed by atoms with Crippen molar-refractivity contribution >= 4 is 22.3 Å². The van der Waals surface area contributed by atoms with E-state index < -0.39 is 6.10 Å². The maximum Gasteiger partial charge on any atom is 0.0942 e. The van der Waals surface area contributed by atoms with Gasteiger partial charge in [0, 0.05) is 43.0 Å². The third-order valence-corrected chi connectivity index (χ3v) is 4.13. The molecule has 1 heterocycles. The molecule has 0 radical (unpaired) electrons. The molecule has 0 unspecified atom stereocenters. The van der Waals surface area contributed by atoms with Crippen LogP contribution in [0, 0.1) is 0 Å². The Kier molecular flexibility index (Phi) is 5.16. The van der Waals surface area contributed by atoms with Crippen molar-refractivity contribution in [2.24, 2.45) is 0 Å². The van der Waals surface area contributed by atoms with Gasteiger partial charge in [0.1, 0.15) is 0 Å². The fraction of sp³-hybridized carbons (Fsp3) is 0.250. The van der Waals surface area contributed by atoms with Crippen LogP contribution in [0.4, 0.5) is 11.4 Å². The van der Waals surface area contributed by atoms with Crippen molar-refractivity contribution < 1.29 is 10.2 Å². The van der Waals surface area contributed by atoms with Gasteiger partial charge in [0.15, 0.2) is 0 Å². The zero-order valence-electron chi connectivity index (χ0n) is 14.5. The van der Waals surface area contributed by atoms with Crippen LogP contribution in [0.3, 0.4) is 0 Å². The van der Waals surface area contributed by atoms with Crippen LogP contribution in [0.1, 0.15) is 0 Å². The molecule has 2 aromatic carbocycles. The number of nitrogens with zero attached hydrogens (tertiary/aromatic N) is 2. The molecule has 0 spiro atoms. The maximum atomic E-state index is 9.63. The summed E-state index contributed by atoms with van der Waals surface area (Å²) in [6.45, 7) is 0.0123. The number of hydrogen-bond donors (Lipinski definition) is 3. The summed E-state index contributed by atoms with van der Waals surface area (Å²) < 4.78 is 0. The molecule has 0 fully saturated rings. The number of nitrogens with one attached hydrogen (secondary N) is 1. The minimum absolute atomic E-state index is 0.269. The molecule has 0 aliphatic heterocycles. The Balaban J connectivity index is 2.00. The Hall–Kier alpha value is -2.63. The van der Waals surface area contributed by atoms with Gasteiger partial charge in [-0.15, -0.1) is 0 Å². The van der Waals surface area contributed by atoms with Crippen LogP contribution in [-0.2, 0) is 0 Å². The summed E-state index contributed by atoms with van der Waals surface area (Å²) in [7, 11) is 4.02. The molecule has 0 amide bonds. The van der Waals surface area contributed by atoms with E-state index in [1.54, 1.807) is 0 Å². The highest BCUT2D eigenvalue weighted by Crippen LogP contribution is 2.29. The molecule has 25 heavy (non-hydrogen) atoms. The maximum absolute atomic E-state index is 9.63. The van der Waals surface area contributed by atoms with Crippen LogP contribution in [0.15, 0.2) is 54.6 Å². The molecular weight excluding hydrogens is 314 g/mol. The number of aromatic nitrogens is 1. The summed E-state index contributed by atoms with van der Waals surface area (Å²) in [6, 6.07) is 18.1. The van der Waals surface area contributed by atoms with Crippen molar-refractivity contribution in [3.8, 4) is 11.3 Å². The molecule has 0 aliphatic carbocycles. The predicted octanol–water partition coefficient (Wildman–Crippen LogP) is 2.73. The zero-order valence-corrected chi connectivity index (χ0v) is 14.5. The van der Waals surface area contributed by atoms with Gasteiger partial charge in [-0.05, 0) is 24.3 Å². The topological polar surface area (TPSA) is 68.6 Å². The third kappa shape index (κ3) is 3.90. The molecule has 5 heteroatoms. The fourth-order valence-electron chi connectivity index (χ4n) is 2.69. The van der Waals surface area contributed by atoms with Crippen molar-refractivity contribution in [3.05, 3.63) is 54.6 Å². The molecule has 0 aliphatic rings. The van der Waals surface area contributed by atoms with Crippen molar-refractivity contribution in [3.63, 3.8) is 0 Å². The summed E-state index contributed by atoms with van der Waals surface area (Å²) in [5, 5.41) is 22.9. The summed E-state index contributed by atoms with van der Waals surface area (Å²) >= 11 is 0. The number of hydrogen-bond acceptors (Lipinski definition) is 5. The lowest BCUT2D eigenvalue weighted by Crippen LogP contribution is -2.23. The first-order valence-electron chi connectivity index (χ1n) is 8.29. The van der Waals surface area contributed by atoms with Gasteiger partial charge in [-0.25, -0.2) is 4.98 Å². The molecule has 0 saturated heterocycles. The highest BCUT2D eigenvalue weighted by Gasteiger charge is 2.09. The minimum Gasteiger partial charge on any atom is -0.394 e. The Labute approximate surface area is 147 Å². The summed E-state index contributed by atoms with van der Waals surface area (Å²) in [6.07, 6.45) is -0.797. The molecular formula is C20H23N3O2. The standard InChI is InChI=1S/C20H23N3O2/c1-23(2)15-9-7-14(8-10-15)19-11-20(21-12-16(25)13-24)17-5-3-4-6-18(17)22-19/h3-11,16,24-25H,12-13H2,1-2H3,(H,21,22)/t16-/m0/s1. The molecule has 1 aromatic heterocycles. The average molecular weight is 337 g/mol. The van der Waals surface area contributed by atoms with E-state index in [9.17, 15) is 5.11 Å². The van der Waals surface area contributed by atoms with Crippen molar-refractivity contribution in [1.29, 1.82) is 0 Å². The summed E-state index contributed by atoms with van der Waals surface area (Å²) in [4.78, 5) is 6.82. The van der Waals surface area contributed by atoms with Crippen molar-refractivity contribution in [2.75, 3.05) is 37.5 Å². The first kappa shape index (κ1) is 17.2. The number of aliphatic hydroxyl groups is 2. The van der Waals surface area contributed by atoms with Crippen LogP contribution < -0.4 is 10.2 Å². The normalized spacial score (nSPS) is 12.2. The van der Waals surface area contributed by atoms with E-state index in [1.807, 2.05) is 44.4 Å². The molecule has 3 aromatic rings. The third-order valence-electron chi connectivity index (χ3n) is 4.13. The van der Waals surface area contributed by atoms with Gasteiger partial charge in [-0.3, -0.25) is 0 Å². The van der Waals surface area contributed by atoms with Crippen LogP contribution in [-0.4, -0.2) is 48.5 Å². The second kappa shape index (κ2) is 7.51. The Morgan fingerprint density at radius 3 is 2.48 bits per heavy atom. The van der Waals surface area contributed by atoms with Crippen molar-refractivity contribution in [1.82, 2.24) is 4.98 Å². The summed E-state index contributed by atoms with van der Waals surface area (Å²) in [5.74, 6) is 0. The van der Waals surface area contributed by atoms with Gasteiger partial charge < -0.3 is 20.4 Å². The van der Waals surface area contributed by atoms with E-state index in [4.69, 9.17) is 10.1 Å². The van der Waals surface area contributed by atoms with E-state index >= 15 is 0 Å². The second-order valence-corrected chi connectivity index (χ2v) is 6.23. The highest BCUT2D eigenvalue weighted by molar-refractivity contribution is 5.93. The predicted molar refractivity (Wildman–Crippen MR) is 103 cm³/mol. The number of fused-ring (bicyclic) bond motifs is 1. The number of benzene rings is 2. The molecule has 5 nitrogen and oxygen atoms in total. The van der Waals surface area contributed by atoms with E-state index in [1.165, 1.54) is 0 Å². The lowest BCUT2D eigenvalue weighted by molar-refractivity contribution is 0.105. The number of anilines is 2. The number of para-hydroxylation sites is 1. The molecule has 1 atom stereocenters. The zero-order chi connectivity index (χ0) is 17.8. The Morgan fingerprint density at radius 1 is 1.08 bits per heavy atom. The lowest BCUT2D eigenvalue weighted by atomic mass is 10.1. The lowest BCUT2D eigenvalue weighted by Gasteiger charge is -2.15. The SMILES string of the molecule is CN(C)c1ccc(-c2cc(NC[C@H](O)CO)c3ccccc3n2)cc1. The second-order valence-electron chi connectivity index (χ2n) is 6.23. The van der Waals surface area contributed by atoms with Crippen LogP contribution in [0.5, 0.6) is 0 Å². The van der Waals surface area contributed by atoms with Crippen LogP contribution in [0.25, 0.3) is 22.2 Å². The van der Waals surface area contributed by atoms with Crippen molar-refractivity contribution in [2.45, 2.75) is 6.10 Å². The molecule has 3 N–H and O–H groups in total. The minimum atomic E-state index is -0.797. The average Bonchev–Trinajstić information content (AvgIpc) is 2.65. The van der Waals surface area contributed by atoms with E-state index in [0.29, 0.717) is 0 Å². The van der Waals surface area contributed by atoms with E-state index in [2.05, 4.69) is 34.5 Å². The Morgan fingerprint density at radius 2 is 1.80 bits per heavy atom. The van der Waals surface area contributed by atoms with Gasteiger partial charge in [0.05, 0.1) is 23.9 Å². The molecule has 0 saturated carbocycles. The van der Waals surface area contributed by atoms with Gasteiger partial charge in [-0.2, -0.15) is 0 Å². The fourth-order valence-corrected chi connectivity index (χ4v) is 2.69. The smallest absolute Gasteiger partial charge is 0.0942 e. The number of pyridine rings is 1.